The summed E-state index contributed by atoms with van der Waals surface area (Å²) < 4.78 is 11.5. The zero-order valence-electron chi connectivity index (χ0n) is 13.8. The molecule has 2 heterocycles. The highest BCUT2D eigenvalue weighted by molar-refractivity contribution is 7.98. The van der Waals surface area contributed by atoms with Crippen LogP contribution in [-0.4, -0.2) is 24.8 Å². The Kier molecular flexibility index (Phi) is 4.21. The van der Waals surface area contributed by atoms with E-state index in [1.807, 2.05) is 43.3 Å². The first-order valence-electron chi connectivity index (χ1n) is 8.30. The molecular weight excluding hydrogens is 320 g/mol. The van der Waals surface area contributed by atoms with E-state index < -0.39 is 0 Å². The van der Waals surface area contributed by atoms with Crippen molar-refractivity contribution in [1.82, 2.24) is 0 Å². The van der Waals surface area contributed by atoms with Crippen LogP contribution in [0.15, 0.2) is 47.4 Å². The molecule has 1 saturated heterocycles. The molecule has 4 rings (SSSR count). The predicted molar refractivity (Wildman–Crippen MR) is 94.6 cm³/mol. The normalized spacial score (nSPS) is 24.2. The van der Waals surface area contributed by atoms with Crippen LogP contribution in [0, 0.1) is 0 Å². The predicted octanol–water partition coefficient (Wildman–Crippen LogP) is 4.39. The van der Waals surface area contributed by atoms with Gasteiger partial charge in [-0.15, -0.1) is 11.8 Å². The molecule has 2 aliphatic heterocycles. The van der Waals surface area contributed by atoms with Crippen LogP contribution in [0.5, 0.6) is 0 Å². The number of thioether (sulfide) groups is 1. The fourth-order valence-electron chi connectivity index (χ4n) is 3.25. The number of rotatable bonds is 2. The van der Waals surface area contributed by atoms with Crippen molar-refractivity contribution in [2.75, 3.05) is 6.61 Å². The van der Waals surface area contributed by atoms with Gasteiger partial charge in [0.25, 0.3) is 0 Å². The van der Waals surface area contributed by atoms with E-state index in [1.54, 1.807) is 11.8 Å². The van der Waals surface area contributed by atoms with Crippen LogP contribution in [0.2, 0.25) is 0 Å². The van der Waals surface area contributed by atoms with Gasteiger partial charge in [-0.25, -0.2) is 0 Å². The maximum Gasteiger partial charge on any atom is 0.194 e. The smallest absolute Gasteiger partial charge is 0.194 e. The molecule has 3 unspecified atom stereocenters. The van der Waals surface area contributed by atoms with E-state index >= 15 is 0 Å². The van der Waals surface area contributed by atoms with Gasteiger partial charge >= 0.3 is 0 Å². The number of ketones is 1. The first-order chi connectivity index (χ1) is 11.6. The van der Waals surface area contributed by atoms with Gasteiger partial charge in [0.05, 0.1) is 12.7 Å². The van der Waals surface area contributed by atoms with Crippen LogP contribution in [0.3, 0.4) is 0 Å². The molecule has 0 aromatic heterocycles. The van der Waals surface area contributed by atoms with E-state index in [2.05, 4.69) is 13.0 Å². The van der Waals surface area contributed by atoms with Gasteiger partial charge in [0, 0.05) is 27.7 Å². The number of ether oxygens (including phenoxy) is 2. The van der Waals surface area contributed by atoms with Crippen molar-refractivity contribution in [3.63, 3.8) is 0 Å². The van der Waals surface area contributed by atoms with Crippen molar-refractivity contribution in [3.05, 3.63) is 64.7 Å². The number of fused-ring (bicyclic) bond motifs is 2. The quantitative estimate of drug-likeness (QED) is 0.812. The average molecular weight is 340 g/mol. The molecular formula is C20H20O3S. The van der Waals surface area contributed by atoms with E-state index in [9.17, 15) is 4.79 Å². The molecule has 0 aliphatic carbocycles. The van der Waals surface area contributed by atoms with Crippen LogP contribution >= 0.6 is 11.8 Å². The van der Waals surface area contributed by atoms with Crippen molar-refractivity contribution in [1.29, 1.82) is 0 Å². The molecule has 0 spiro atoms. The lowest BCUT2D eigenvalue weighted by Crippen LogP contribution is -2.18. The minimum atomic E-state index is -0.207. The second-order valence-corrected chi connectivity index (χ2v) is 7.48. The van der Waals surface area contributed by atoms with Gasteiger partial charge in [-0.05, 0) is 30.2 Å². The molecule has 0 bridgehead atoms. The Morgan fingerprint density at radius 2 is 2.00 bits per heavy atom. The maximum atomic E-state index is 12.8. The molecule has 3 atom stereocenters. The zero-order chi connectivity index (χ0) is 16.7. The second kappa shape index (κ2) is 6.36. The molecule has 3 nitrogen and oxygen atoms in total. The van der Waals surface area contributed by atoms with Gasteiger partial charge in [0.2, 0.25) is 0 Å². The molecule has 2 aromatic rings. The summed E-state index contributed by atoms with van der Waals surface area (Å²) in [6, 6.07) is 14.0. The van der Waals surface area contributed by atoms with Crippen molar-refractivity contribution in [2.45, 2.75) is 42.8 Å². The average Bonchev–Trinajstić information content (AvgIpc) is 2.99. The largest absolute Gasteiger partial charge is 0.349 e. The summed E-state index contributed by atoms with van der Waals surface area (Å²) >= 11 is 1.73. The molecule has 4 heteroatoms. The first kappa shape index (κ1) is 15.9. The van der Waals surface area contributed by atoms with E-state index in [0.29, 0.717) is 6.61 Å². The van der Waals surface area contributed by atoms with E-state index in [1.165, 1.54) is 0 Å². The Labute approximate surface area is 146 Å². The lowest BCUT2D eigenvalue weighted by atomic mass is 9.95. The van der Waals surface area contributed by atoms with Crippen LogP contribution in [0.25, 0.3) is 0 Å². The Morgan fingerprint density at radius 3 is 2.79 bits per heavy atom. The Morgan fingerprint density at radius 1 is 1.17 bits per heavy atom. The van der Waals surface area contributed by atoms with Gasteiger partial charge in [-0.1, -0.05) is 37.3 Å². The van der Waals surface area contributed by atoms with Crippen molar-refractivity contribution < 1.29 is 14.3 Å². The SMILES string of the molecule is CC1COC(C(C)c2ccc3c(c2)SCc2ccccc2C3=O)O1. The van der Waals surface area contributed by atoms with E-state index in [0.717, 1.165) is 32.9 Å². The summed E-state index contributed by atoms with van der Waals surface area (Å²) in [6.07, 6.45) is -0.0644. The number of benzene rings is 2. The van der Waals surface area contributed by atoms with Crippen molar-refractivity contribution >= 4 is 17.5 Å². The van der Waals surface area contributed by atoms with Crippen LogP contribution < -0.4 is 0 Å². The third-order valence-electron chi connectivity index (χ3n) is 4.69. The summed E-state index contributed by atoms with van der Waals surface area (Å²) in [5.74, 6) is 1.08. The Balaban J connectivity index is 1.66. The summed E-state index contributed by atoms with van der Waals surface area (Å²) in [6.45, 7) is 4.78. The highest BCUT2D eigenvalue weighted by Crippen LogP contribution is 2.37. The van der Waals surface area contributed by atoms with Gasteiger partial charge in [-0.2, -0.15) is 0 Å². The van der Waals surface area contributed by atoms with Gasteiger partial charge < -0.3 is 9.47 Å². The van der Waals surface area contributed by atoms with Crippen molar-refractivity contribution in [3.8, 4) is 0 Å². The molecule has 0 radical (unpaired) electrons. The Hall–Kier alpha value is -1.62. The standard InChI is InChI=1S/C20H20O3S/c1-12-10-22-20(23-12)13(2)14-7-8-17-18(9-14)24-11-15-5-3-4-6-16(15)19(17)21/h3-9,12-13,20H,10-11H2,1-2H3. The molecule has 2 aromatic carbocycles. The van der Waals surface area contributed by atoms with E-state index in [-0.39, 0.29) is 24.1 Å². The lowest BCUT2D eigenvalue weighted by Gasteiger charge is -2.20. The summed E-state index contributed by atoms with van der Waals surface area (Å²) in [7, 11) is 0. The topological polar surface area (TPSA) is 35.5 Å². The molecule has 124 valence electrons. The number of hydrogen-bond acceptors (Lipinski definition) is 4. The molecule has 0 N–H and O–H groups in total. The minimum absolute atomic E-state index is 0.117. The number of hydrogen-bond donors (Lipinski definition) is 0. The molecule has 1 fully saturated rings. The third-order valence-corrected chi connectivity index (χ3v) is 5.80. The fourth-order valence-corrected chi connectivity index (χ4v) is 4.35. The summed E-state index contributed by atoms with van der Waals surface area (Å²) in [5.41, 5.74) is 3.87. The Bertz CT molecular complexity index is 786. The lowest BCUT2D eigenvalue weighted by molar-refractivity contribution is -0.0691. The first-order valence-corrected chi connectivity index (χ1v) is 9.28. The molecule has 2 aliphatic rings. The summed E-state index contributed by atoms with van der Waals surface area (Å²) in [5, 5.41) is 0. The molecule has 0 saturated carbocycles. The van der Waals surface area contributed by atoms with Gasteiger partial charge in [-0.3, -0.25) is 4.79 Å². The van der Waals surface area contributed by atoms with Crippen LogP contribution in [-0.2, 0) is 15.2 Å². The molecule has 0 amide bonds. The van der Waals surface area contributed by atoms with Crippen LogP contribution in [0.1, 0.15) is 46.8 Å². The summed E-state index contributed by atoms with van der Waals surface area (Å²) in [4.78, 5) is 13.9. The van der Waals surface area contributed by atoms with Crippen LogP contribution in [0.4, 0.5) is 0 Å². The number of carbonyl (C=O) groups is 1. The highest BCUT2D eigenvalue weighted by atomic mass is 32.2. The zero-order valence-corrected chi connectivity index (χ0v) is 14.6. The minimum Gasteiger partial charge on any atom is -0.349 e. The second-order valence-electron chi connectivity index (χ2n) is 6.47. The monoisotopic (exact) mass is 340 g/mol. The van der Waals surface area contributed by atoms with Gasteiger partial charge in [0.1, 0.15) is 0 Å². The third kappa shape index (κ3) is 2.79. The van der Waals surface area contributed by atoms with Crippen molar-refractivity contribution in [2.24, 2.45) is 0 Å². The fraction of sp³-hybridized carbons (Fsp3) is 0.350. The molecule has 24 heavy (non-hydrogen) atoms. The number of carbonyl (C=O) groups excluding carboxylic acids is 1. The van der Waals surface area contributed by atoms with E-state index in [4.69, 9.17) is 9.47 Å². The maximum absolute atomic E-state index is 12.8. The van der Waals surface area contributed by atoms with Gasteiger partial charge in [0.15, 0.2) is 12.1 Å². The highest BCUT2D eigenvalue weighted by Gasteiger charge is 2.30.